The molecule has 0 atom stereocenters. The lowest BCUT2D eigenvalue weighted by molar-refractivity contribution is -0.113. The van der Waals surface area contributed by atoms with Gasteiger partial charge < -0.3 is 10.2 Å². The average Bonchev–Trinajstić information content (AvgIpc) is 3.18. The van der Waals surface area contributed by atoms with Crippen LogP contribution < -0.4 is 10.2 Å². The number of halogens is 1. The van der Waals surface area contributed by atoms with Gasteiger partial charge in [0, 0.05) is 34.5 Å². The van der Waals surface area contributed by atoms with Crippen LogP contribution in [0.4, 0.5) is 11.4 Å². The summed E-state index contributed by atoms with van der Waals surface area (Å²) in [5.74, 6) is 0.820. The summed E-state index contributed by atoms with van der Waals surface area (Å²) >= 11 is 4.80. The first-order chi connectivity index (χ1) is 13.6. The average molecular weight is 460 g/mol. The van der Waals surface area contributed by atoms with E-state index in [2.05, 4.69) is 55.2 Å². The summed E-state index contributed by atoms with van der Waals surface area (Å²) in [6.07, 6.45) is 0. The third-order valence-electron chi connectivity index (χ3n) is 4.21. The number of thioether (sulfide) groups is 1. The van der Waals surface area contributed by atoms with E-state index in [0.717, 1.165) is 34.5 Å². The zero-order valence-corrected chi connectivity index (χ0v) is 18.2. The van der Waals surface area contributed by atoms with E-state index >= 15 is 0 Å². The molecule has 0 aliphatic heterocycles. The molecule has 0 bridgehead atoms. The number of benzene rings is 2. The number of hydrogen-bond donors (Lipinski definition) is 2. The van der Waals surface area contributed by atoms with Gasteiger partial charge in [0.1, 0.15) is 0 Å². The molecule has 1 aromatic heterocycles. The van der Waals surface area contributed by atoms with Gasteiger partial charge in [-0.25, -0.2) is 4.98 Å². The number of aromatic amines is 1. The molecule has 0 saturated carbocycles. The van der Waals surface area contributed by atoms with Crippen molar-refractivity contribution in [1.82, 2.24) is 15.2 Å². The van der Waals surface area contributed by atoms with E-state index in [4.69, 9.17) is 0 Å². The highest BCUT2D eigenvalue weighted by Gasteiger charge is 2.11. The smallest absolute Gasteiger partial charge is 0.234 e. The molecule has 0 aliphatic carbocycles. The molecule has 0 aliphatic rings. The number of nitrogens with one attached hydrogen (secondary N) is 2. The molecule has 1 amide bonds. The van der Waals surface area contributed by atoms with Gasteiger partial charge >= 0.3 is 0 Å². The molecule has 1 heterocycles. The highest BCUT2D eigenvalue weighted by atomic mass is 79.9. The Hall–Kier alpha value is -2.32. The molecule has 0 unspecified atom stereocenters. The van der Waals surface area contributed by atoms with Crippen molar-refractivity contribution in [2.75, 3.05) is 29.1 Å². The largest absolute Gasteiger partial charge is 0.372 e. The summed E-state index contributed by atoms with van der Waals surface area (Å²) in [6.45, 7) is 6.16. The van der Waals surface area contributed by atoms with Gasteiger partial charge in [-0.05, 0) is 44.2 Å². The Labute approximate surface area is 177 Å². The van der Waals surface area contributed by atoms with Gasteiger partial charge in [0.25, 0.3) is 0 Å². The quantitative estimate of drug-likeness (QED) is 0.472. The van der Waals surface area contributed by atoms with E-state index in [0.29, 0.717) is 11.0 Å². The Bertz CT molecular complexity index is 924. The standard InChI is InChI=1S/C20H22BrN5OS/c1-3-26(4-2)15-11-9-14(10-12-15)22-18(27)13-28-20-23-19(24-25-20)16-7-5-6-8-17(16)21/h5-12H,3-4,13H2,1-2H3,(H,22,27)(H,23,24,25). The summed E-state index contributed by atoms with van der Waals surface area (Å²) in [7, 11) is 0. The number of nitrogens with zero attached hydrogens (tertiary/aromatic N) is 3. The monoisotopic (exact) mass is 459 g/mol. The molecular weight excluding hydrogens is 438 g/mol. The molecule has 3 aromatic rings. The maximum absolute atomic E-state index is 12.2. The molecule has 2 N–H and O–H groups in total. The van der Waals surface area contributed by atoms with E-state index in [1.54, 1.807) is 0 Å². The van der Waals surface area contributed by atoms with Crippen LogP contribution in [-0.4, -0.2) is 39.9 Å². The van der Waals surface area contributed by atoms with Crippen LogP contribution in [0.1, 0.15) is 13.8 Å². The molecule has 28 heavy (non-hydrogen) atoms. The number of H-pyrrole nitrogens is 1. The van der Waals surface area contributed by atoms with E-state index in [1.165, 1.54) is 11.8 Å². The van der Waals surface area contributed by atoms with Crippen molar-refractivity contribution < 1.29 is 4.79 Å². The number of carbonyl (C=O) groups excluding carboxylic acids is 1. The highest BCUT2D eigenvalue weighted by molar-refractivity contribution is 9.10. The molecule has 2 aromatic carbocycles. The first-order valence-electron chi connectivity index (χ1n) is 9.05. The number of amides is 1. The van der Waals surface area contributed by atoms with Crippen molar-refractivity contribution in [1.29, 1.82) is 0 Å². The van der Waals surface area contributed by atoms with Crippen molar-refractivity contribution in [3.8, 4) is 11.4 Å². The molecule has 0 radical (unpaired) electrons. The molecule has 6 nitrogen and oxygen atoms in total. The van der Waals surface area contributed by atoms with Crippen LogP contribution in [0.3, 0.4) is 0 Å². The SMILES string of the molecule is CCN(CC)c1ccc(NC(=O)CSc2n[nH]c(-c3ccccc3Br)n2)cc1. The minimum atomic E-state index is -0.0900. The molecular formula is C20H22BrN5OS. The van der Waals surface area contributed by atoms with E-state index in [1.807, 2.05) is 48.5 Å². The zero-order chi connectivity index (χ0) is 19.9. The highest BCUT2D eigenvalue weighted by Crippen LogP contribution is 2.26. The van der Waals surface area contributed by atoms with Gasteiger partial charge in [-0.2, -0.15) is 0 Å². The van der Waals surface area contributed by atoms with Crippen molar-refractivity contribution in [3.63, 3.8) is 0 Å². The number of aromatic nitrogens is 3. The second-order valence-electron chi connectivity index (χ2n) is 6.00. The summed E-state index contributed by atoms with van der Waals surface area (Å²) in [5, 5.41) is 10.5. The Morgan fingerprint density at radius 3 is 2.54 bits per heavy atom. The third kappa shape index (κ3) is 5.14. The first kappa shape index (κ1) is 20.4. The number of carbonyl (C=O) groups is 1. The van der Waals surface area contributed by atoms with Crippen LogP contribution in [-0.2, 0) is 4.79 Å². The lowest BCUT2D eigenvalue weighted by Crippen LogP contribution is -2.21. The molecule has 0 saturated heterocycles. The summed E-state index contributed by atoms with van der Waals surface area (Å²) in [4.78, 5) is 18.9. The summed E-state index contributed by atoms with van der Waals surface area (Å²) in [6, 6.07) is 15.7. The Morgan fingerprint density at radius 2 is 1.86 bits per heavy atom. The topological polar surface area (TPSA) is 73.9 Å². The fourth-order valence-corrected chi connectivity index (χ4v) is 3.83. The maximum Gasteiger partial charge on any atom is 0.234 e. The molecule has 0 fully saturated rings. The minimum absolute atomic E-state index is 0.0900. The summed E-state index contributed by atoms with van der Waals surface area (Å²) < 4.78 is 0.939. The van der Waals surface area contributed by atoms with Gasteiger partial charge in [-0.3, -0.25) is 9.89 Å². The minimum Gasteiger partial charge on any atom is -0.372 e. The molecule has 146 valence electrons. The number of anilines is 2. The van der Waals surface area contributed by atoms with Gasteiger partial charge in [0.05, 0.1) is 5.75 Å². The fourth-order valence-electron chi connectivity index (χ4n) is 2.76. The van der Waals surface area contributed by atoms with Crippen molar-refractivity contribution in [2.45, 2.75) is 19.0 Å². The van der Waals surface area contributed by atoms with Crippen LogP contribution in [0.5, 0.6) is 0 Å². The third-order valence-corrected chi connectivity index (χ3v) is 5.74. The number of rotatable bonds is 8. The van der Waals surface area contributed by atoms with Gasteiger partial charge in [-0.15, -0.1) is 5.10 Å². The van der Waals surface area contributed by atoms with Crippen molar-refractivity contribution in [2.24, 2.45) is 0 Å². The summed E-state index contributed by atoms with van der Waals surface area (Å²) in [5.41, 5.74) is 2.86. The molecule has 0 spiro atoms. The lowest BCUT2D eigenvalue weighted by Gasteiger charge is -2.21. The Kier molecular flexibility index (Phi) is 7.11. The van der Waals surface area contributed by atoms with Crippen molar-refractivity contribution >= 4 is 45.0 Å². The Morgan fingerprint density at radius 1 is 1.14 bits per heavy atom. The number of hydrogen-bond acceptors (Lipinski definition) is 5. The van der Waals surface area contributed by atoms with Crippen LogP contribution in [0.2, 0.25) is 0 Å². The fraction of sp³-hybridized carbons (Fsp3) is 0.250. The van der Waals surface area contributed by atoms with Crippen LogP contribution in [0.25, 0.3) is 11.4 Å². The molecule has 8 heteroatoms. The van der Waals surface area contributed by atoms with E-state index in [-0.39, 0.29) is 11.7 Å². The van der Waals surface area contributed by atoms with Crippen LogP contribution in [0.15, 0.2) is 58.2 Å². The predicted molar refractivity (Wildman–Crippen MR) is 119 cm³/mol. The van der Waals surface area contributed by atoms with Gasteiger partial charge in [0.2, 0.25) is 11.1 Å². The van der Waals surface area contributed by atoms with Crippen LogP contribution >= 0.6 is 27.7 Å². The van der Waals surface area contributed by atoms with Gasteiger partial charge in [0.15, 0.2) is 5.82 Å². The van der Waals surface area contributed by atoms with Gasteiger partial charge in [-0.1, -0.05) is 45.9 Å². The zero-order valence-electron chi connectivity index (χ0n) is 15.8. The van der Waals surface area contributed by atoms with Crippen LogP contribution in [0, 0.1) is 0 Å². The van der Waals surface area contributed by atoms with E-state index in [9.17, 15) is 4.79 Å². The second kappa shape index (κ2) is 9.75. The molecule has 3 rings (SSSR count). The lowest BCUT2D eigenvalue weighted by atomic mass is 10.2. The predicted octanol–water partition coefficient (Wildman–Crippen LogP) is 4.81. The van der Waals surface area contributed by atoms with E-state index < -0.39 is 0 Å². The van der Waals surface area contributed by atoms with Crippen molar-refractivity contribution in [3.05, 3.63) is 53.0 Å². The maximum atomic E-state index is 12.2. The first-order valence-corrected chi connectivity index (χ1v) is 10.8. The second-order valence-corrected chi connectivity index (χ2v) is 7.80. The normalized spacial score (nSPS) is 10.7. The Balaban J connectivity index is 1.54.